The molecule has 2 rings (SSSR count). The van der Waals surface area contributed by atoms with E-state index in [0.29, 0.717) is 11.5 Å². The minimum Gasteiger partial charge on any atom is -0.497 e. The van der Waals surface area contributed by atoms with E-state index < -0.39 is 4.92 Å². The summed E-state index contributed by atoms with van der Waals surface area (Å²) < 4.78 is 10.5. The molecule has 0 saturated heterocycles. The maximum absolute atomic E-state index is 10.8. The van der Waals surface area contributed by atoms with E-state index in [1.807, 2.05) is 6.07 Å². The molecule has 7 heteroatoms. The zero-order chi connectivity index (χ0) is 15.4. The lowest BCUT2D eigenvalue weighted by atomic mass is 10.3. The standard InChI is InChI=1S/C14H14N2O4S/c1-19-9-3-6-13(20-2)14(7-9)21-10-4-5-12(16(17)18)11(15)8-10/h3-8H,15H2,1-2H3. The molecule has 0 spiro atoms. The van der Waals surface area contributed by atoms with Gasteiger partial charge in [0.15, 0.2) is 0 Å². The summed E-state index contributed by atoms with van der Waals surface area (Å²) in [5.41, 5.74) is 5.72. The molecular formula is C14H14N2O4S. The summed E-state index contributed by atoms with van der Waals surface area (Å²) in [6.45, 7) is 0. The molecule has 2 aromatic rings. The molecule has 21 heavy (non-hydrogen) atoms. The van der Waals surface area contributed by atoms with Crippen molar-refractivity contribution in [2.24, 2.45) is 0 Å². The summed E-state index contributed by atoms with van der Waals surface area (Å²) >= 11 is 1.40. The largest absolute Gasteiger partial charge is 0.497 e. The van der Waals surface area contributed by atoms with E-state index in [4.69, 9.17) is 15.2 Å². The van der Waals surface area contributed by atoms with Crippen molar-refractivity contribution >= 4 is 23.1 Å². The molecule has 0 radical (unpaired) electrons. The van der Waals surface area contributed by atoms with Gasteiger partial charge < -0.3 is 15.2 Å². The van der Waals surface area contributed by atoms with Crippen molar-refractivity contribution in [1.29, 1.82) is 0 Å². The van der Waals surface area contributed by atoms with Crippen LogP contribution in [0, 0.1) is 10.1 Å². The van der Waals surface area contributed by atoms with Crippen LogP contribution in [0.25, 0.3) is 0 Å². The van der Waals surface area contributed by atoms with E-state index >= 15 is 0 Å². The quantitative estimate of drug-likeness (QED) is 0.518. The zero-order valence-corrected chi connectivity index (χ0v) is 12.3. The van der Waals surface area contributed by atoms with Crippen LogP contribution >= 0.6 is 11.8 Å². The minimum absolute atomic E-state index is 0.100. The number of benzene rings is 2. The highest BCUT2D eigenvalue weighted by Crippen LogP contribution is 2.39. The van der Waals surface area contributed by atoms with Gasteiger partial charge in [-0.3, -0.25) is 10.1 Å². The molecule has 0 aliphatic rings. The third-order valence-electron chi connectivity index (χ3n) is 2.79. The van der Waals surface area contributed by atoms with Crippen LogP contribution in [0.15, 0.2) is 46.2 Å². The van der Waals surface area contributed by atoms with Crippen LogP contribution < -0.4 is 15.2 Å². The third kappa shape index (κ3) is 3.38. The van der Waals surface area contributed by atoms with Crippen LogP contribution in [0.4, 0.5) is 11.4 Å². The van der Waals surface area contributed by atoms with Crippen molar-refractivity contribution in [3.05, 3.63) is 46.5 Å². The number of methoxy groups -OCH3 is 2. The van der Waals surface area contributed by atoms with Crippen LogP contribution in [-0.2, 0) is 0 Å². The summed E-state index contributed by atoms with van der Waals surface area (Å²) in [5, 5.41) is 10.8. The summed E-state index contributed by atoms with van der Waals surface area (Å²) in [5.74, 6) is 1.39. The Morgan fingerprint density at radius 2 is 1.90 bits per heavy atom. The number of nitrogens with two attached hydrogens (primary N) is 1. The second kappa shape index (κ2) is 6.36. The lowest BCUT2D eigenvalue weighted by Crippen LogP contribution is -1.95. The summed E-state index contributed by atoms with van der Waals surface area (Å²) in [6, 6.07) is 10.0. The maximum Gasteiger partial charge on any atom is 0.292 e. The van der Waals surface area contributed by atoms with Crippen molar-refractivity contribution < 1.29 is 14.4 Å². The number of nitrogens with zero attached hydrogens (tertiary/aromatic N) is 1. The zero-order valence-electron chi connectivity index (χ0n) is 11.5. The molecule has 0 aliphatic heterocycles. The van der Waals surface area contributed by atoms with Crippen molar-refractivity contribution in [2.45, 2.75) is 9.79 Å². The Morgan fingerprint density at radius 1 is 1.14 bits per heavy atom. The fourth-order valence-corrected chi connectivity index (χ4v) is 2.76. The van der Waals surface area contributed by atoms with Gasteiger partial charge in [-0.2, -0.15) is 0 Å². The van der Waals surface area contributed by atoms with Gasteiger partial charge in [0.05, 0.1) is 24.0 Å². The molecule has 6 nitrogen and oxygen atoms in total. The first-order valence-corrected chi connectivity index (χ1v) is 6.80. The number of rotatable bonds is 5. The molecular weight excluding hydrogens is 292 g/mol. The molecule has 0 heterocycles. The molecule has 0 atom stereocenters. The monoisotopic (exact) mass is 306 g/mol. The van der Waals surface area contributed by atoms with Crippen LogP contribution in [0.1, 0.15) is 0 Å². The maximum atomic E-state index is 10.8. The number of hydrogen-bond donors (Lipinski definition) is 1. The van der Waals surface area contributed by atoms with E-state index in [1.54, 1.807) is 38.5 Å². The van der Waals surface area contributed by atoms with E-state index in [0.717, 1.165) is 9.79 Å². The Labute approximate surface area is 126 Å². The third-order valence-corrected chi connectivity index (χ3v) is 3.82. The van der Waals surface area contributed by atoms with Gasteiger partial charge in [-0.05, 0) is 30.3 Å². The topological polar surface area (TPSA) is 87.6 Å². The predicted octanol–water partition coefficient (Wildman–Crippen LogP) is 3.35. The number of nitrogen functional groups attached to an aromatic ring is 1. The Hall–Kier alpha value is -2.41. The van der Waals surface area contributed by atoms with Gasteiger partial charge in [0, 0.05) is 11.0 Å². The molecule has 110 valence electrons. The molecule has 0 aliphatic carbocycles. The SMILES string of the molecule is COc1ccc(OC)c(Sc2ccc([N+](=O)[O-])c(N)c2)c1. The lowest BCUT2D eigenvalue weighted by molar-refractivity contribution is -0.383. The fourth-order valence-electron chi connectivity index (χ4n) is 1.75. The lowest BCUT2D eigenvalue weighted by Gasteiger charge is -2.10. The number of nitro benzene ring substituents is 1. The van der Waals surface area contributed by atoms with Crippen molar-refractivity contribution in [3.8, 4) is 11.5 Å². The van der Waals surface area contributed by atoms with Crippen molar-refractivity contribution in [2.75, 3.05) is 20.0 Å². The number of nitro groups is 1. The smallest absolute Gasteiger partial charge is 0.292 e. The van der Waals surface area contributed by atoms with Gasteiger partial charge in [-0.25, -0.2) is 0 Å². The Bertz CT molecular complexity index is 676. The van der Waals surface area contributed by atoms with Crippen molar-refractivity contribution in [3.63, 3.8) is 0 Å². The predicted molar refractivity (Wildman–Crippen MR) is 81.2 cm³/mol. The Balaban J connectivity index is 2.33. The highest BCUT2D eigenvalue weighted by Gasteiger charge is 2.13. The van der Waals surface area contributed by atoms with E-state index in [2.05, 4.69) is 0 Å². The van der Waals surface area contributed by atoms with E-state index in [-0.39, 0.29) is 11.4 Å². The van der Waals surface area contributed by atoms with Gasteiger partial charge in [0.25, 0.3) is 5.69 Å². The molecule has 0 amide bonds. The number of ether oxygens (including phenoxy) is 2. The molecule has 0 saturated carbocycles. The average molecular weight is 306 g/mol. The molecule has 2 aromatic carbocycles. The first-order valence-electron chi connectivity index (χ1n) is 5.99. The summed E-state index contributed by atoms with van der Waals surface area (Å²) in [6.07, 6.45) is 0. The molecule has 0 fully saturated rings. The van der Waals surface area contributed by atoms with E-state index in [1.165, 1.54) is 17.8 Å². The molecule has 0 bridgehead atoms. The first-order chi connectivity index (χ1) is 10.0. The van der Waals surface area contributed by atoms with Gasteiger partial charge in [-0.15, -0.1) is 0 Å². The summed E-state index contributed by atoms with van der Waals surface area (Å²) in [4.78, 5) is 11.9. The highest BCUT2D eigenvalue weighted by atomic mass is 32.2. The van der Waals surface area contributed by atoms with Crippen LogP contribution in [0.5, 0.6) is 11.5 Å². The molecule has 2 N–H and O–H groups in total. The van der Waals surface area contributed by atoms with Crippen LogP contribution in [0.3, 0.4) is 0 Å². The minimum atomic E-state index is -0.504. The Morgan fingerprint density at radius 3 is 2.48 bits per heavy atom. The highest BCUT2D eigenvalue weighted by molar-refractivity contribution is 7.99. The van der Waals surface area contributed by atoms with Gasteiger partial charge in [0.1, 0.15) is 17.2 Å². The first kappa shape index (κ1) is 15.0. The van der Waals surface area contributed by atoms with Gasteiger partial charge >= 0.3 is 0 Å². The van der Waals surface area contributed by atoms with Crippen LogP contribution in [0.2, 0.25) is 0 Å². The van der Waals surface area contributed by atoms with E-state index in [9.17, 15) is 10.1 Å². The van der Waals surface area contributed by atoms with Crippen molar-refractivity contribution in [1.82, 2.24) is 0 Å². The molecule has 0 aromatic heterocycles. The normalized spacial score (nSPS) is 10.2. The number of hydrogen-bond acceptors (Lipinski definition) is 6. The second-order valence-electron chi connectivity index (χ2n) is 4.10. The van der Waals surface area contributed by atoms with Gasteiger partial charge in [-0.1, -0.05) is 11.8 Å². The fraction of sp³-hybridized carbons (Fsp3) is 0.143. The molecule has 0 unspecified atom stereocenters. The summed E-state index contributed by atoms with van der Waals surface area (Å²) in [7, 11) is 3.16. The van der Waals surface area contributed by atoms with Gasteiger partial charge in [0.2, 0.25) is 0 Å². The van der Waals surface area contributed by atoms with Crippen LogP contribution in [-0.4, -0.2) is 19.1 Å². The second-order valence-corrected chi connectivity index (χ2v) is 5.21. The Kier molecular flexibility index (Phi) is 4.54. The number of anilines is 1. The average Bonchev–Trinajstić information content (AvgIpc) is 2.46.